The quantitative estimate of drug-likeness (QED) is 0.276. The first kappa shape index (κ1) is 24.3. The predicted molar refractivity (Wildman–Crippen MR) is 123 cm³/mol. The molecule has 0 atom stereocenters. The second-order valence-electron chi connectivity index (χ2n) is 5.55. The largest absolute Gasteiger partial charge is 0.465 e. The Labute approximate surface area is 189 Å². The van der Waals surface area contributed by atoms with Gasteiger partial charge in [-0.2, -0.15) is 0 Å². The fraction of sp³-hybridized carbons (Fsp3) is 0.333. The third-order valence-electron chi connectivity index (χ3n) is 3.53. The van der Waals surface area contributed by atoms with Crippen LogP contribution in [-0.4, -0.2) is 49.5 Å². The second kappa shape index (κ2) is 12.6. The summed E-state index contributed by atoms with van der Waals surface area (Å²) >= 11 is 2.41. The molecule has 0 radical (unpaired) electrons. The fourth-order valence-electron chi connectivity index (χ4n) is 2.13. The summed E-state index contributed by atoms with van der Waals surface area (Å²) in [7, 11) is 5.55. The van der Waals surface area contributed by atoms with Gasteiger partial charge in [-0.15, -0.1) is 22.7 Å². The van der Waals surface area contributed by atoms with Gasteiger partial charge in [0.1, 0.15) is 9.75 Å². The average molecular weight is 489 g/mol. The molecule has 0 saturated carbocycles. The second-order valence-corrected chi connectivity index (χ2v) is 10.1. The maximum absolute atomic E-state index is 12.0. The number of ether oxygens (including phenoxy) is 2. The summed E-state index contributed by atoms with van der Waals surface area (Å²) in [5.74, 6) is -0.233. The maximum Gasteiger partial charge on any atom is 0.350 e. The maximum atomic E-state index is 12.0. The van der Waals surface area contributed by atoms with Gasteiger partial charge < -0.3 is 20.1 Å². The Hall–Kier alpha value is -2.02. The van der Waals surface area contributed by atoms with Crippen molar-refractivity contribution in [2.75, 3.05) is 36.4 Å². The van der Waals surface area contributed by atoms with Gasteiger partial charge in [0.2, 0.25) is 11.8 Å². The first-order valence-electron chi connectivity index (χ1n) is 8.62. The van der Waals surface area contributed by atoms with E-state index in [2.05, 4.69) is 20.1 Å². The highest BCUT2D eigenvalue weighted by atomic mass is 33.1. The van der Waals surface area contributed by atoms with E-state index in [1.165, 1.54) is 58.5 Å². The van der Waals surface area contributed by atoms with Crippen molar-refractivity contribution in [3.63, 3.8) is 0 Å². The van der Waals surface area contributed by atoms with Crippen LogP contribution in [0.15, 0.2) is 22.9 Å². The highest BCUT2D eigenvalue weighted by Gasteiger charge is 2.16. The number of carbonyl (C=O) groups is 4. The lowest BCUT2D eigenvalue weighted by Gasteiger charge is -2.06. The molecule has 0 aliphatic rings. The van der Waals surface area contributed by atoms with E-state index in [0.717, 1.165) is 0 Å². The van der Waals surface area contributed by atoms with E-state index in [9.17, 15) is 19.2 Å². The average Bonchev–Trinajstić information content (AvgIpc) is 3.38. The lowest BCUT2D eigenvalue weighted by molar-refractivity contribution is -0.116. The van der Waals surface area contributed by atoms with Gasteiger partial charge in [0.15, 0.2) is 0 Å². The van der Waals surface area contributed by atoms with Crippen LogP contribution < -0.4 is 10.6 Å². The van der Waals surface area contributed by atoms with Gasteiger partial charge in [0, 0.05) is 24.3 Å². The number of esters is 2. The number of hydrogen-bond acceptors (Lipinski definition) is 10. The standard InChI is InChI=1S/C18H20N2O6S4/c1-25-17(23)15-11(3-7-27-15)19-13(21)5-9-29-30-10-6-14(22)20-12-4-8-28-16(12)18(24)26-2/h3-4,7-8H,5-6,9-10H2,1-2H3,(H,19,21)(H,20,22). The number of amides is 2. The molecule has 2 N–H and O–H groups in total. The number of rotatable bonds is 11. The van der Waals surface area contributed by atoms with E-state index < -0.39 is 11.9 Å². The topological polar surface area (TPSA) is 111 Å². The third kappa shape index (κ3) is 7.35. The Kier molecular flexibility index (Phi) is 10.2. The normalized spacial score (nSPS) is 10.3. The molecule has 2 heterocycles. The molecular formula is C18H20N2O6S4. The molecule has 30 heavy (non-hydrogen) atoms. The van der Waals surface area contributed by atoms with E-state index in [1.807, 2.05) is 0 Å². The number of methoxy groups -OCH3 is 2. The number of nitrogens with one attached hydrogen (secondary N) is 2. The summed E-state index contributed by atoms with van der Waals surface area (Å²) in [6, 6.07) is 3.32. The van der Waals surface area contributed by atoms with Crippen LogP contribution in [0.3, 0.4) is 0 Å². The first-order chi connectivity index (χ1) is 14.5. The molecule has 8 nitrogen and oxygen atoms in total. The molecule has 12 heteroatoms. The lowest BCUT2D eigenvalue weighted by atomic mass is 10.3. The highest BCUT2D eigenvalue weighted by Crippen LogP contribution is 2.26. The van der Waals surface area contributed by atoms with Crippen molar-refractivity contribution < 1.29 is 28.7 Å². The molecule has 0 unspecified atom stereocenters. The summed E-state index contributed by atoms with van der Waals surface area (Å²) in [6.07, 6.45) is 0.551. The molecule has 0 aromatic carbocycles. The molecule has 2 rings (SSSR count). The van der Waals surface area contributed by atoms with Crippen molar-refractivity contribution in [3.8, 4) is 0 Å². The van der Waals surface area contributed by atoms with Gasteiger partial charge in [-0.05, 0) is 22.9 Å². The van der Waals surface area contributed by atoms with E-state index in [1.54, 1.807) is 22.9 Å². The van der Waals surface area contributed by atoms with Gasteiger partial charge in [-0.25, -0.2) is 9.59 Å². The first-order valence-corrected chi connectivity index (χ1v) is 12.9. The number of thiophene rings is 2. The summed E-state index contributed by atoms with van der Waals surface area (Å²) < 4.78 is 9.35. The van der Waals surface area contributed by atoms with Crippen molar-refractivity contribution in [1.82, 2.24) is 0 Å². The van der Waals surface area contributed by atoms with Gasteiger partial charge in [-0.3, -0.25) is 9.59 Å². The van der Waals surface area contributed by atoms with Crippen LogP contribution in [0.2, 0.25) is 0 Å². The van der Waals surface area contributed by atoms with Crippen LogP contribution in [0, 0.1) is 0 Å². The zero-order chi connectivity index (χ0) is 21.9. The molecule has 0 aliphatic carbocycles. The Morgan fingerprint density at radius 3 is 1.57 bits per heavy atom. The van der Waals surface area contributed by atoms with Crippen molar-refractivity contribution in [1.29, 1.82) is 0 Å². The Morgan fingerprint density at radius 2 is 1.20 bits per heavy atom. The molecule has 0 fully saturated rings. The SMILES string of the molecule is COC(=O)c1sccc1NC(=O)CCSSCCC(=O)Nc1ccsc1C(=O)OC. The fourth-order valence-corrected chi connectivity index (χ4v) is 5.64. The van der Waals surface area contributed by atoms with Gasteiger partial charge in [-0.1, -0.05) is 21.6 Å². The summed E-state index contributed by atoms with van der Waals surface area (Å²) in [6.45, 7) is 0. The van der Waals surface area contributed by atoms with Crippen LogP contribution in [0.5, 0.6) is 0 Å². The molecule has 2 aromatic heterocycles. The monoisotopic (exact) mass is 488 g/mol. The van der Waals surface area contributed by atoms with Gasteiger partial charge in [0.25, 0.3) is 0 Å². The predicted octanol–water partition coefficient (Wildman–Crippen LogP) is 4.12. The zero-order valence-corrected chi connectivity index (χ0v) is 19.5. The third-order valence-corrected chi connectivity index (χ3v) is 7.73. The Balaban J connectivity index is 1.62. The van der Waals surface area contributed by atoms with Crippen LogP contribution in [0.1, 0.15) is 32.2 Å². The van der Waals surface area contributed by atoms with Crippen molar-refractivity contribution in [2.24, 2.45) is 0 Å². The minimum Gasteiger partial charge on any atom is -0.465 e. The molecule has 2 amide bonds. The van der Waals surface area contributed by atoms with Crippen LogP contribution in [0.4, 0.5) is 11.4 Å². The summed E-state index contributed by atoms with van der Waals surface area (Å²) in [5, 5.41) is 8.83. The summed E-state index contributed by atoms with van der Waals surface area (Å²) in [5.41, 5.74) is 0.900. The molecule has 0 saturated heterocycles. The highest BCUT2D eigenvalue weighted by molar-refractivity contribution is 8.76. The number of anilines is 2. The molecule has 0 spiro atoms. The van der Waals surface area contributed by atoms with Crippen molar-refractivity contribution >= 4 is 79.4 Å². The smallest absolute Gasteiger partial charge is 0.350 e. The van der Waals surface area contributed by atoms with E-state index >= 15 is 0 Å². The number of hydrogen-bond donors (Lipinski definition) is 2. The molecule has 2 aromatic rings. The van der Waals surface area contributed by atoms with Crippen molar-refractivity contribution in [2.45, 2.75) is 12.8 Å². The van der Waals surface area contributed by atoms with Gasteiger partial charge >= 0.3 is 11.9 Å². The Morgan fingerprint density at radius 1 is 0.800 bits per heavy atom. The minimum atomic E-state index is -0.482. The van der Waals surface area contributed by atoms with Crippen LogP contribution in [0.25, 0.3) is 0 Å². The van der Waals surface area contributed by atoms with E-state index in [4.69, 9.17) is 0 Å². The van der Waals surface area contributed by atoms with Gasteiger partial charge in [0.05, 0.1) is 25.6 Å². The zero-order valence-electron chi connectivity index (χ0n) is 16.2. The van der Waals surface area contributed by atoms with E-state index in [0.29, 0.717) is 32.6 Å². The van der Waals surface area contributed by atoms with Crippen LogP contribution >= 0.6 is 44.3 Å². The van der Waals surface area contributed by atoms with Crippen LogP contribution in [-0.2, 0) is 19.1 Å². The minimum absolute atomic E-state index is 0.197. The molecule has 162 valence electrons. The van der Waals surface area contributed by atoms with E-state index in [-0.39, 0.29) is 24.7 Å². The lowest BCUT2D eigenvalue weighted by Crippen LogP contribution is -2.14. The molecule has 0 aliphatic heterocycles. The summed E-state index contributed by atoms with van der Waals surface area (Å²) in [4.78, 5) is 48.0. The number of carbonyl (C=O) groups excluding carboxylic acids is 4. The van der Waals surface area contributed by atoms with Crippen molar-refractivity contribution in [3.05, 3.63) is 32.6 Å². The Bertz CT molecular complexity index is 823. The molecular weight excluding hydrogens is 468 g/mol. The molecule has 0 bridgehead atoms.